The van der Waals surface area contributed by atoms with Crippen molar-refractivity contribution in [3.63, 3.8) is 0 Å². The van der Waals surface area contributed by atoms with E-state index < -0.39 is 12.1 Å². The van der Waals surface area contributed by atoms with Crippen molar-refractivity contribution in [2.45, 2.75) is 19.1 Å². The van der Waals surface area contributed by atoms with Gasteiger partial charge in [0.2, 0.25) is 18.2 Å². The molecule has 4 rings (SSSR count). The number of halogens is 2. The molecule has 1 atom stereocenters. The topological polar surface area (TPSA) is 69.2 Å². The molecule has 0 spiro atoms. The van der Waals surface area contributed by atoms with Crippen LogP contribution in [0.1, 0.15) is 12.8 Å². The van der Waals surface area contributed by atoms with Crippen molar-refractivity contribution >= 4 is 34.9 Å². The number of nitrogens with zero attached hydrogens (tertiary/aromatic N) is 4. The second kappa shape index (κ2) is 7.44. The zero-order valence-corrected chi connectivity index (χ0v) is 15.4. The molecule has 27 heavy (non-hydrogen) atoms. The molecule has 2 aromatic rings. The van der Waals surface area contributed by atoms with Crippen molar-refractivity contribution < 1.29 is 4.39 Å². The van der Waals surface area contributed by atoms with Gasteiger partial charge in [0.25, 0.3) is 0 Å². The van der Waals surface area contributed by atoms with Crippen LogP contribution in [0.5, 0.6) is 0 Å². The number of nitrogens with one attached hydrogen (secondary N) is 1. The molecule has 140 valence electrons. The van der Waals surface area contributed by atoms with Gasteiger partial charge in [0.15, 0.2) is 0 Å². The van der Waals surface area contributed by atoms with Crippen LogP contribution in [-0.2, 0) is 0 Å². The Kier molecular flexibility index (Phi) is 4.85. The van der Waals surface area contributed by atoms with Crippen molar-refractivity contribution in [3.05, 3.63) is 59.4 Å². The fourth-order valence-electron chi connectivity index (χ4n) is 3.29. The quantitative estimate of drug-likeness (QED) is 0.847. The summed E-state index contributed by atoms with van der Waals surface area (Å²) in [5.74, 6) is 0.500. The maximum Gasteiger partial charge on any atom is 0.222 e. The van der Waals surface area contributed by atoms with E-state index in [9.17, 15) is 4.39 Å². The van der Waals surface area contributed by atoms with Crippen LogP contribution in [0, 0.1) is 5.82 Å². The lowest BCUT2D eigenvalue weighted by Gasteiger charge is -2.38. The molecule has 0 aliphatic carbocycles. The van der Waals surface area contributed by atoms with E-state index in [0.29, 0.717) is 5.69 Å². The van der Waals surface area contributed by atoms with E-state index in [1.807, 2.05) is 35.2 Å². The lowest BCUT2D eigenvalue weighted by atomic mass is 10.2. The summed E-state index contributed by atoms with van der Waals surface area (Å²) in [6, 6.07) is 14.4. The van der Waals surface area contributed by atoms with Crippen LogP contribution in [0.4, 0.5) is 15.8 Å². The third-order valence-corrected chi connectivity index (χ3v) is 4.86. The number of benzene rings is 2. The summed E-state index contributed by atoms with van der Waals surface area (Å²) in [6.07, 6.45) is 1.70. The molecule has 2 aromatic carbocycles. The monoisotopic (exact) mass is 386 g/mol. The fourth-order valence-corrected chi connectivity index (χ4v) is 3.48. The van der Waals surface area contributed by atoms with Crippen molar-refractivity contribution in [2.24, 2.45) is 15.7 Å². The Hall–Kier alpha value is -2.80. The molecule has 1 unspecified atom stereocenters. The highest BCUT2D eigenvalue weighted by molar-refractivity contribution is 6.31. The van der Waals surface area contributed by atoms with E-state index >= 15 is 0 Å². The van der Waals surface area contributed by atoms with Crippen LogP contribution < -0.4 is 16.0 Å². The van der Waals surface area contributed by atoms with Crippen LogP contribution in [0.3, 0.4) is 0 Å². The first kappa shape index (κ1) is 17.6. The van der Waals surface area contributed by atoms with Gasteiger partial charge in [-0.25, -0.2) is 9.38 Å². The number of anilines is 2. The summed E-state index contributed by atoms with van der Waals surface area (Å²) in [7, 11) is 0. The normalized spacial score (nSPS) is 19.7. The molecular weight excluding hydrogens is 367 g/mol. The molecule has 0 amide bonds. The smallest absolute Gasteiger partial charge is 0.222 e. The van der Waals surface area contributed by atoms with Crippen LogP contribution in [-0.4, -0.2) is 36.2 Å². The van der Waals surface area contributed by atoms with Crippen molar-refractivity contribution in [1.29, 1.82) is 0 Å². The van der Waals surface area contributed by atoms with E-state index in [1.165, 1.54) is 12.1 Å². The molecule has 3 N–H and O–H groups in total. The number of para-hydroxylation sites is 1. The van der Waals surface area contributed by atoms with Crippen LogP contribution in [0.25, 0.3) is 0 Å². The van der Waals surface area contributed by atoms with Gasteiger partial charge < -0.3 is 16.0 Å². The predicted molar refractivity (Wildman–Crippen MR) is 108 cm³/mol. The zero-order valence-electron chi connectivity index (χ0n) is 14.6. The van der Waals surface area contributed by atoms with Gasteiger partial charge in [-0.05, 0) is 43.2 Å². The van der Waals surface area contributed by atoms with Crippen molar-refractivity contribution in [1.82, 2.24) is 4.90 Å². The third-order valence-electron chi connectivity index (χ3n) is 4.57. The van der Waals surface area contributed by atoms with Crippen LogP contribution >= 0.6 is 11.6 Å². The van der Waals surface area contributed by atoms with Crippen LogP contribution in [0.15, 0.2) is 58.5 Å². The van der Waals surface area contributed by atoms with Gasteiger partial charge in [0.1, 0.15) is 5.82 Å². The SMILES string of the molecule is NC1=NC(Nc2ccc(F)c(Cl)c2)N(c2ccccc2)C(N2CCCC2)=N1. The van der Waals surface area contributed by atoms with Gasteiger partial charge in [-0.3, -0.25) is 4.90 Å². The maximum absolute atomic E-state index is 13.5. The Morgan fingerprint density at radius 1 is 1.11 bits per heavy atom. The molecule has 0 saturated carbocycles. The van der Waals surface area contributed by atoms with Gasteiger partial charge >= 0.3 is 0 Å². The first-order valence-electron chi connectivity index (χ1n) is 8.84. The number of hydrogen-bond acceptors (Lipinski definition) is 6. The molecule has 2 heterocycles. The summed E-state index contributed by atoms with van der Waals surface area (Å²) in [5, 5.41) is 3.33. The highest BCUT2D eigenvalue weighted by Gasteiger charge is 2.32. The minimum atomic E-state index is -0.526. The molecular formula is C19H20ClFN6. The van der Waals surface area contributed by atoms with E-state index in [0.717, 1.165) is 37.6 Å². The standard InChI is InChI=1S/C19H20ClFN6/c20-15-12-13(8-9-16(15)21)23-18-24-17(22)25-19(26-10-4-5-11-26)27(18)14-6-2-1-3-7-14/h1-3,6-9,12,18,23H,4-5,10-11H2,(H2,22,24). The minimum absolute atomic E-state index is 0.0486. The van der Waals surface area contributed by atoms with Gasteiger partial charge in [-0.1, -0.05) is 29.8 Å². The number of aliphatic imine (C=N–C) groups is 2. The number of nitrogens with two attached hydrogens (primary N) is 1. The lowest BCUT2D eigenvalue weighted by molar-refractivity contribution is 0.497. The van der Waals surface area contributed by atoms with E-state index in [4.69, 9.17) is 17.3 Å². The molecule has 1 fully saturated rings. The zero-order chi connectivity index (χ0) is 18.8. The number of hydrogen-bond donors (Lipinski definition) is 2. The van der Waals surface area contributed by atoms with Crippen LogP contribution in [0.2, 0.25) is 5.02 Å². The Bertz CT molecular complexity index is 879. The highest BCUT2D eigenvalue weighted by Crippen LogP contribution is 2.26. The Labute approximate surface area is 162 Å². The maximum atomic E-state index is 13.5. The van der Waals surface area contributed by atoms with Gasteiger partial charge in [0, 0.05) is 24.5 Å². The first-order chi connectivity index (χ1) is 13.1. The van der Waals surface area contributed by atoms with Crippen molar-refractivity contribution in [3.8, 4) is 0 Å². The van der Waals surface area contributed by atoms with E-state index in [1.54, 1.807) is 6.07 Å². The molecule has 6 nitrogen and oxygen atoms in total. The van der Waals surface area contributed by atoms with Crippen molar-refractivity contribution in [2.75, 3.05) is 23.3 Å². The average Bonchev–Trinajstić information content (AvgIpc) is 3.20. The fraction of sp³-hybridized carbons (Fsp3) is 0.263. The molecule has 1 saturated heterocycles. The van der Waals surface area contributed by atoms with Gasteiger partial charge in [0.05, 0.1) is 5.02 Å². The second-order valence-corrected chi connectivity index (χ2v) is 6.85. The minimum Gasteiger partial charge on any atom is -0.368 e. The van der Waals surface area contributed by atoms with Gasteiger partial charge in [-0.15, -0.1) is 0 Å². The molecule has 0 radical (unpaired) electrons. The second-order valence-electron chi connectivity index (χ2n) is 6.45. The average molecular weight is 387 g/mol. The number of rotatable bonds is 3. The highest BCUT2D eigenvalue weighted by atomic mass is 35.5. The predicted octanol–water partition coefficient (Wildman–Crippen LogP) is 3.46. The Morgan fingerprint density at radius 3 is 2.56 bits per heavy atom. The Balaban J connectivity index is 1.71. The summed E-state index contributed by atoms with van der Waals surface area (Å²) < 4.78 is 13.5. The summed E-state index contributed by atoms with van der Waals surface area (Å²) in [6.45, 7) is 1.84. The number of likely N-dealkylation sites (tertiary alicyclic amines) is 1. The molecule has 8 heteroatoms. The molecule has 2 aliphatic rings. The summed E-state index contributed by atoms with van der Waals surface area (Å²) in [5.41, 5.74) is 7.59. The third kappa shape index (κ3) is 3.68. The number of guanidine groups is 2. The molecule has 2 aliphatic heterocycles. The largest absolute Gasteiger partial charge is 0.368 e. The molecule has 0 aromatic heterocycles. The Morgan fingerprint density at radius 2 is 1.85 bits per heavy atom. The summed E-state index contributed by atoms with van der Waals surface area (Å²) >= 11 is 5.92. The summed E-state index contributed by atoms with van der Waals surface area (Å²) in [4.78, 5) is 13.2. The molecule has 0 bridgehead atoms. The van der Waals surface area contributed by atoms with Gasteiger partial charge in [-0.2, -0.15) is 4.99 Å². The van der Waals surface area contributed by atoms with E-state index in [2.05, 4.69) is 20.2 Å². The first-order valence-corrected chi connectivity index (χ1v) is 9.22. The lowest BCUT2D eigenvalue weighted by Crippen LogP contribution is -2.54. The van der Waals surface area contributed by atoms with E-state index in [-0.39, 0.29) is 11.0 Å².